The van der Waals surface area contributed by atoms with E-state index in [1.54, 1.807) is 12.1 Å². The molecule has 4 nitrogen and oxygen atoms in total. The fraction of sp³-hybridized carbons (Fsp3) is 0.533. The molecule has 1 saturated carbocycles. The third kappa shape index (κ3) is 5.07. The van der Waals surface area contributed by atoms with Gasteiger partial charge in [-0.1, -0.05) is 0 Å². The molecule has 0 heterocycles. The number of rotatable bonds is 6. The van der Waals surface area contributed by atoms with Gasteiger partial charge in [-0.3, -0.25) is 0 Å². The minimum Gasteiger partial charge on any atom is -0.489 e. The van der Waals surface area contributed by atoms with Gasteiger partial charge in [0.25, 0.3) is 0 Å². The van der Waals surface area contributed by atoms with Crippen LogP contribution in [0.2, 0.25) is 0 Å². The molecule has 20 heavy (non-hydrogen) atoms. The zero-order chi connectivity index (χ0) is 14.4. The Bertz CT molecular complexity index is 443. The molecule has 1 aliphatic carbocycles. The molecule has 1 atom stereocenters. The average molecular weight is 279 g/mol. The van der Waals surface area contributed by atoms with Gasteiger partial charge in [0.1, 0.15) is 17.7 Å². The van der Waals surface area contributed by atoms with E-state index in [1.807, 2.05) is 13.8 Å². The van der Waals surface area contributed by atoms with E-state index < -0.39 is 0 Å². The van der Waals surface area contributed by atoms with E-state index in [9.17, 15) is 4.39 Å². The summed E-state index contributed by atoms with van der Waals surface area (Å²) < 4.78 is 18.5. The molecule has 0 radical (unpaired) electrons. The lowest BCUT2D eigenvalue weighted by molar-refractivity contribution is 0.230. The molecule has 0 spiro atoms. The molecule has 1 unspecified atom stereocenters. The second-order valence-electron chi connectivity index (χ2n) is 5.02. The summed E-state index contributed by atoms with van der Waals surface area (Å²) in [7, 11) is 0. The third-order valence-electron chi connectivity index (χ3n) is 2.92. The van der Waals surface area contributed by atoms with Gasteiger partial charge >= 0.3 is 0 Å². The second-order valence-corrected chi connectivity index (χ2v) is 5.02. The van der Waals surface area contributed by atoms with Gasteiger partial charge in [-0.15, -0.1) is 0 Å². The molecule has 110 valence electrons. The Kier molecular flexibility index (Phi) is 5.21. The van der Waals surface area contributed by atoms with Crippen LogP contribution in [0.15, 0.2) is 29.3 Å². The summed E-state index contributed by atoms with van der Waals surface area (Å²) in [6.45, 7) is 5.39. The van der Waals surface area contributed by atoms with Crippen molar-refractivity contribution in [3.8, 4) is 5.75 Å². The number of nitrogens with zero attached hydrogens (tertiary/aromatic N) is 1. The number of hydrogen-bond donors (Lipinski definition) is 2. The SMILES string of the molecule is CCNC(=NCC(C)Oc1ccc(F)cc1)NC1CC1. The number of ether oxygens (including phenoxy) is 1. The van der Waals surface area contributed by atoms with Crippen LogP contribution in [-0.2, 0) is 0 Å². The summed E-state index contributed by atoms with van der Waals surface area (Å²) in [6.07, 6.45) is 2.37. The normalized spacial score (nSPS) is 16.6. The van der Waals surface area contributed by atoms with Crippen molar-refractivity contribution in [2.24, 2.45) is 4.99 Å². The van der Waals surface area contributed by atoms with Crippen LogP contribution in [0.3, 0.4) is 0 Å². The Hall–Kier alpha value is -1.78. The van der Waals surface area contributed by atoms with Gasteiger partial charge in [0.15, 0.2) is 5.96 Å². The summed E-state index contributed by atoms with van der Waals surface area (Å²) in [5.41, 5.74) is 0. The maximum absolute atomic E-state index is 12.8. The molecule has 0 aliphatic heterocycles. The molecule has 0 bridgehead atoms. The van der Waals surface area contributed by atoms with E-state index in [-0.39, 0.29) is 11.9 Å². The number of hydrogen-bond acceptors (Lipinski definition) is 2. The zero-order valence-corrected chi connectivity index (χ0v) is 12.0. The monoisotopic (exact) mass is 279 g/mol. The molecular weight excluding hydrogens is 257 g/mol. The van der Waals surface area contributed by atoms with Crippen molar-refractivity contribution in [1.82, 2.24) is 10.6 Å². The average Bonchev–Trinajstić information content (AvgIpc) is 3.23. The number of guanidine groups is 1. The third-order valence-corrected chi connectivity index (χ3v) is 2.92. The highest BCUT2D eigenvalue weighted by Gasteiger charge is 2.22. The van der Waals surface area contributed by atoms with Crippen molar-refractivity contribution in [3.63, 3.8) is 0 Å². The van der Waals surface area contributed by atoms with Gasteiger partial charge in [0, 0.05) is 12.6 Å². The van der Waals surface area contributed by atoms with E-state index in [1.165, 1.54) is 25.0 Å². The summed E-state index contributed by atoms with van der Waals surface area (Å²) in [6, 6.07) is 6.61. The molecule has 5 heteroatoms. The molecule has 1 aromatic carbocycles. The largest absolute Gasteiger partial charge is 0.489 e. The molecule has 2 N–H and O–H groups in total. The van der Waals surface area contributed by atoms with Crippen molar-refractivity contribution in [3.05, 3.63) is 30.1 Å². The van der Waals surface area contributed by atoms with Crippen LogP contribution in [0.25, 0.3) is 0 Å². The van der Waals surface area contributed by atoms with Crippen LogP contribution in [0.1, 0.15) is 26.7 Å². The maximum Gasteiger partial charge on any atom is 0.191 e. The molecule has 0 aromatic heterocycles. The minimum atomic E-state index is -0.258. The van der Waals surface area contributed by atoms with Crippen LogP contribution in [0.4, 0.5) is 4.39 Å². The minimum absolute atomic E-state index is 0.0601. The van der Waals surface area contributed by atoms with Gasteiger partial charge in [-0.05, 0) is 51.0 Å². The predicted octanol–water partition coefficient (Wildman–Crippen LogP) is 2.31. The number of aliphatic imine (C=N–C) groups is 1. The summed E-state index contributed by atoms with van der Waals surface area (Å²) in [4.78, 5) is 4.50. The Morgan fingerprint density at radius 2 is 2.10 bits per heavy atom. The number of nitrogens with one attached hydrogen (secondary N) is 2. The maximum atomic E-state index is 12.8. The zero-order valence-electron chi connectivity index (χ0n) is 12.0. The molecule has 2 rings (SSSR count). The first-order valence-electron chi connectivity index (χ1n) is 7.14. The molecule has 0 saturated heterocycles. The lowest BCUT2D eigenvalue weighted by Gasteiger charge is -2.15. The first kappa shape index (κ1) is 14.6. The Morgan fingerprint density at radius 3 is 2.70 bits per heavy atom. The summed E-state index contributed by atoms with van der Waals surface area (Å²) >= 11 is 0. The number of benzene rings is 1. The van der Waals surface area contributed by atoms with E-state index in [2.05, 4.69) is 15.6 Å². The van der Waals surface area contributed by atoms with Crippen LogP contribution in [0.5, 0.6) is 5.75 Å². The van der Waals surface area contributed by atoms with E-state index in [4.69, 9.17) is 4.74 Å². The van der Waals surface area contributed by atoms with Gasteiger partial charge in [-0.2, -0.15) is 0 Å². The Labute approximate surface area is 119 Å². The highest BCUT2D eigenvalue weighted by atomic mass is 19.1. The first-order valence-corrected chi connectivity index (χ1v) is 7.14. The van der Waals surface area contributed by atoms with Crippen molar-refractivity contribution in [2.45, 2.75) is 38.8 Å². The van der Waals surface area contributed by atoms with Gasteiger partial charge in [0.05, 0.1) is 6.54 Å². The highest BCUT2D eigenvalue weighted by Crippen LogP contribution is 2.18. The van der Waals surface area contributed by atoms with Crippen molar-refractivity contribution in [1.29, 1.82) is 0 Å². The summed E-state index contributed by atoms with van der Waals surface area (Å²) in [5, 5.41) is 6.57. The standard InChI is InChI=1S/C15H22FN3O/c1-3-17-15(19-13-6-7-13)18-10-11(2)20-14-8-4-12(16)5-9-14/h4-5,8-9,11,13H,3,6-7,10H2,1-2H3,(H2,17,18,19). The Balaban J connectivity index is 1.82. The highest BCUT2D eigenvalue weighted by molar-refractivity contribution is 5.80. The lowest BCUT2D eigenvalue weighted by atomic mass is 10.3. The molecule has 1 fully saturated rings. The Morgan fingerprint density at radius 1 is 1.40 bits per heavy atom. The van der Waals surface area contributed by atoms with E-state index in [0.717, 1.165) is 12.5 Å². The molecular formula is C15H22FN3O. The fourth-order valence-corrected chi connectivity index (χ4v) is 1.74. The van der Waals surface area contributed by atoms with Crippen LogP contribution < -0.4 is 15.4 Å². The second kappa shape index (κ2) is 7.12. The topological polar surface area (TPSA) is 45.7 Å². The quantitative estimate of drug-likeness (QED) is 0.620. The van der Waals surface area contributed by atoms with E-state index in [0.29, 0.717) is 18.3 Å². The first-order chi connectivity index (χ1) is 9.67. The van der Waals surface area contributed by atoms with Gasteiger partial charge in [0.2, 0.25) is 0 Å². The summed E-state index contributed by atoms with van der Waals surface area (Å²) in [5.74, 6) is 1.24. The molecule has 0 amide bonds. The lowest BCUT2D eigenvalue weighted by Crippen LogP contribution is -2.39. The van der Waals surface area contributed by atoms with E-state index >= 15 is 0 Å². The number of halogens is 1. The fourth-order valence-electron chi connectivity index (χ4n) is 1.74. The van der Waals surface area contributed by atoms with Gasteiger partial charge < -0.3 is 15.4 Å². The van der Waals surface area contributed by atoms with Crippen LogP contribution in [0, 0.1) is 5.82 Å². The molecule has 1 aliphatic rings. The van der Waals surface area contributed by atoms with Gasteiger partial charge in [-0.25, -0.2) is 9.38 Å². The van der Waals surface area contributed by atoms with Crippen molar-refractivity contribution in [2.75, 3.05) is 13.1 Å². The predicted molar refractivity (Wildman–Crippen MR) is 78.6 cm³/mol. The molecule has 1 aromatic rings. The van der Waals surface area contributed by atoms with Crippen LogP contribution in [-0.4, -0.2) is 31.2 Å². The van der Waals surface area contributed by atoms with Crippen LogP contribution >= 0.6 is 0 Å². The van der Waals surface area contributed by atoms with Crippen molar-refractivity contribution >= 4 is 5.96 Å². The smallest absolute Gasteiger partial charge is 0.191 e. The van der Waals surface area contributed by atoms with Crippen molar-refractivity contribution < 1.29 is 9.13 Å².